The quantitative estimate of drug-likeness (QED) is 0.856. The van der Waals surface area contributed by atoms with E-state index in [1.165, 1.54) is 24.0 Å². The van der Waals surface area contributed by atoms with Gasteiger partial charge in [0.25, 0.3) is 0 Å². The summed E-state index contributed by atoms with van der Waals surface area (Å²) in [5, 5.41) is 11.2. The summed E-state index contributed by atoms with van der Waals surface area (Å²) in [6.07, 6.45) is 4.19. The zero-order valence-corrected chi connectivity index (χ0v) is 12.8. The fraction of sp³-hybridized carbons (Fsp3) is 0.667. The van der Waals surface area contributed by atoms with Crippen LogP contribution in [-0.2, 0) is 6.42 Å². The van der Waals surface area contributed by atoms with Gasteiger partial charge in [0.1, 0.15) is 0 Å². The van der Waals surface area contributed by atoms with Crippen LogP contribution in [0.2, 0.25) is 0 Å². The molecule has 0 aliphatic heterocycles. The highest BCUT2D eigenvalue weighted by molar-refractivity contribution is 5.27. The second-order valence-electron chi connectivity index (χ2n) is 6.94. The Kier molecular flexibility index (Phi) is 4.35. The van der Waals surface area contributed by atoms with E-state index in [0.717, 1.165) is 12.8 Å². The summed E-state index contributed by atoms with van der Waals surface area (Å²) in [6, 6.07) is 8.48. The summed E-state index contributed by atoms with van der Waals surface area (Å²) in [4.78, 5) is 0. The molecule has 1 heteroatoms. The molecule has 1 nitrogen and oxygen atoms in total. The van der Waals surface area contributed by atoms with E-state index in [1.54, 1.807) is 0 Å². The van der Waals surface area contributed by atoms with Crippen molar-refractivity contribution < 1.29 is 5.11 Å². The Morgan fingerprint density at radius 2 is 1.95 bits per heavy atom. The molecule has 1 fully saturated rings. The van der Waals surface area contributed by atoms with Crippen LogP contribution in [0, 0.1) is 24.7 Å². The molecular weight excluding hydrogens is 232 g/mol. The molecule has 0 radical (unpaired) electrons. The van der Waals surface area contributed by atoms with E-state index in [2.05, 4.69) is 52.0 Å². The maximum absolute atomic E-state index is 11.2. The van der Waals surface area contributed by atoms with Gasteiger partial charge in [0, 0.05) is 6.42 Å². The van der Waals surface area contributed by atoms with Gasteiger partial charge >= 0.3 is 0 Å². The third kappa shape index (κ3) is 3.20. The predicted octanol–water partition coefficient (Wildman–Crippen LogP) is 4.36. The minimum absolute atomic E-state index is 0.434. The molecule has 19 heavy (non-hydrogen) atoms. The van der Waals surface area contributed by atoms with Crippen molar-refractivity contribution in [1.82, 2.24) is 0 Å². The third-order valence-corrected chi connectivity index (χ3v) is 4.93. The van der Waals surface area contributed by atoms with Gasteiger partial charge in [0.2, 0.25) is 0 Å². The van der Waals surface area contributed by atoms with E-state index in [4.69, 9.17) is 0 Å². The lowest BCUT2D eigenvalue weighted by Crippen LogP contribution is -2.47. The summed E-state index contributed by atoms with van der Waals surface area (Å²) >= 11 is 0. The van der Waals surface area contributed by atoms with Gasteiger partial charge in [-0.25, -0.2) is 0 Å². The topological polar surface area (TPSA) is 20.2 Å². The molecule has 0 aromatic heterocycles. The van der Waals surface area contributed by atoms with Crippen molar-refractivity contribution in [2.24, 2.45) is 17.8 Å². The molecular formula is C18H28O. The molecule has 1 aromatic rings. The van der Waals surface area contributed by atoms with Crippen molar-refractivity contribution in [2.75, 3.05) is 0 Å². The molecule has 0 bridgehead atoms. The minimum Gasteiger partial charge on any atom is -0.389 e. The number of aliphatic hydroxyl groups is 1. The summed E-state index contributed by atoms with van der Waals surface area (Å²) in [5.74, 6) is 1.63. The number of hydrogen-bond acceptors (Lipinski definition) is 1. The molecule has 1 N–H and O–H groups in total. The highest BCUT2D eigenvalue weighted by Gasteiger charge is 2.42. The molecule has 1 aromatic carbocycles. The molecule has 0 saturated heterocycles. The second kappa shape index (κ2) is 5.66. The number of aryl methyl sites for hydroxylation is 1. The maximum atomic E-state index is 11.2. The van der Waals surface area contributed by atoms with E-state index in [9.17, 15) is 5.11 Å². The molecule has 106 valence electrons. The van der Waals surface area contributed by atoms with Gasteiger partial charge in [-0.05, 0) is 48.6 Å². The summed E-state index contributed by atoms with van der Waals surface area (Å²) in [7, 11) is 0. The molecule has 3 unspecified atom stereocenters. The van der Waals surface area contributed by atoms with Gasteiger partial charge in [-0.3, -0.25) is 0 Å². The van der Waals surface area contributed by atoms with Crippen LogP contribution in [0.4, 0.5) is 0 Å². The van der Waals surface area contributed by atoms with Crippen LogP contribution in [0.25, 0.3) is 0 Å². The first-order valence-electron chi connectivity index (χ1n) is 7.69. The first-order chi connectivity index (χ1) is 8.92. The van der Waals surface area contributed by atoms with Crippen molar-refractivity contribution in [3.63, 3.8) is 0 Å². The van der Waals surface area contributed by atoms with Crippen molar-refractivity contribution in [2.45, 2.75) is 59.0 Å². The minimum atomic E-state index is -0.516. The Bertz CT molecular complexity index is 423. The van der Waals surface area contributed by atoms with E-state index in [0.29, 0.717) is 17.8 Å². The second-order valence-corrected chi connectivity index (χ2v) is 6.94. The fourth-order valence-electron chi connectivity index (χ4n) is 3.88. The van der Waals surface area contributed by atoms with Crippen LogP contribution >= 0.6 is 0 Å². The van der Waals surface area contributed by atoms with E-state index in [-0.39, 0.29) is 0 Å². The zero-order chi connectivity index (χ0) is 14.0. The van der Waals surface area contributed by atoms with Gasteiger partial charge < -0.3 is 5.11 Å². The average molecular weight is 260 g/mol. The smallest absolute Gasteiger partial charge is 0.0721 e. The number of benzene rings is 1. The largest absolute Gasteiger partial charge is 0.389 e. The molecule has 1 aliphatic carbocycles. The van der Waals surface area contributed by atoms with Gasteiger partial charge in [-0.2, -0.15) is 0 Å². The van der Waals surface area contributed by atoms with E-state index >= 15 is 0 Å². The molecule has 1 aliphatic rings. The predicted molar refractivity (Wildman–Crippen MR) is 81.2 cm³/mol. The van der Waals surface area contributed by atoms with Crippen molar-refractivity contribution in [3.05, 3.63) is 35.4 Å². The SMILES string of the molecule is Cc1ccccc1CC1(O)CC(C)CCC1C(C)C. The summed E-state index contributed by atoms with van der Waals surface area (Å²) < 4.78 is 0. The Morgan fingerprint density at radius 1 is 1.26 bits per heavy atom. The normalized spacial score (nSPS) is 31.7. The lowest BCUT2D eigenvalue weighted by Gasteiger charge is -2.45. The van der Waals surface area contributed by atoms with E-state index < -0.39 is 5.60 Å². The molecule has 1 saturated carbocycles. The van der Waals surface area contributed by atoms with E-state index in [1.807, 2.05) is 0 Å². The molecule has 2 rings (SSSR count). The highest BCUT2D eigenvalue weighted by atomic mass is 16.3. The highest BCUT2D eigenvalue weighted by Crippen LogP contribution is 2.43. The van der Waals surface area contributed by atoms with Crippen LogP contribution in [0.15, 0.2) is 24.3 Å². The molecule has 0 spiro atoms. The Labute approximate surface area is 118 Å². The van der Waals surface area contributed by atoms with Crippen molar-refractivity contribution in [1.29, 1.82) is 0 Å². The van der Waals surface area contributed by atoms with Crippen LogP contribution < -0.4 is 0 Å². The van der Waals surface area contributed by atoms with Gasteiger partial charge in [0.05, 0.1) is 5.60 Å². The van der Waals surface area contributed by atoms with Crippen LogP contribution in [0.1, 0.15) is 51.2 Å². The lowest BCUT2D eigenvalue weighted by atomic mass is 9.65. The molecule has 3 atom stereocenters. The molecule has 0 heterocycles. The van der Waals surface area contributed by atoms with Crippen LogP contribution in [-0.4, -0.2) is 10.7 Å². The third-order valence-electron chi connectivity index (χ3n) is 4.93. The van der Waals surface area contributed by atoms with Crippen molar-refractivity contribution in [3.8, 4) is 0 Å². The first-order valence-corrected chi connectivity index (χ1v) is 7.69. The summed E-state index contributed by atoms with van der Waals surface area (Å²) in [6.45, 7) is 8.93. The van der Waals surface area contributed by atoms with Crippen LogP contribution in [0.5, 0.6) is 0 Å². The average Bonchev–Trinajstić information content (AvgIpc) is 2.31. The maximum Gasteiger partial charge on any atom is 0.0721 e. The Morgan fingerprint density at radius 3 is 2.58 bits per heavy atom. The first kappa shape index (κ1) is 14.6. The Balaban J connectivity index is 2.24. The van der Waals surface area contributed by atoms with Crippen molar-refractivity contribution >= 4 is 0 Å². The number of rotatable bonds is 3. The molecule has 0 amide bonds. The Hall–Kier alpha value is -0.820. The van der Waals surface area contributed by atoms with Gasteiger partial charge in [0.15, 0.2) is 0 Å². The lowest BCUT2D eigenvalue weighted by molar-refractivity contribution is -0.0795. The monoisotopic (exact) mass is 260 g/mol. The number of hydrogen-bond donors (Lipinski definition) is 1. The fourth-order valence-corrected chi connectivity index (χ4v) is 3.88. The van der Waals surface area contributed by atoms with Gasteiger partial charge in [-0.1, -0.05) is 51.5 Å². The van der Waals surface area contributed by atoms with Crippen LogP contribution in [0.3, 0.4) is 0 Å². The standard InChI is InChI=1S/C18H28O/c1-13(2)17-10-9-14(3)11-18(17,19)12-16-8-6-5-7-15(16)4/h5-8,13-14,17,19H,9-12H2,1-4H3. The summed E-state index contributed by atoms with van der Waals surface area (Å²) in [5.41, 5.74) is 2.10. The van der Waals surface area contributed by atoms with Gasteiger partial charge in [-0.15, -0.1) is 0 Å². The zero-order valence-electron chi connectivity index (χ0n) is 12.8.